The second-order valence-corrected chi connectivity index (χ2v) is 5.66. The van der Waals surface area contributed by atoms with Crippen molar-refractivity contribution in [3.8, 4) is 17.0 Å². The number of nitrogens with one attached hydrogen (secondary N) is 1. The molecule has 2 heterocycles. The lowest BCUT2D eigenvalue weighted by molar-refractivity contribution is 0.0713. The number of rotatable bonds is 4. The molecule has 1 aromatic heterocycles. The summed E-state index contributed by atoms with van der Waals surface area (Å²) in [4.78, 5) is 16.0. The number of hydrogen-bond acceptors (Lipinski definition) is 4. The fraction of sp³-hybridized carbons (Fsp3) is 0.375. The molecule has 0 unspecified atom stereocenters. The number of carbonyl (C=O) groups is 1. The average Bonchev–Trinajstić information content (AvgIpc) is 2.96. The molecular weight excluding hydrogens is 335 g/mol. The number of amides is 1. The van der Waals surface area contributed by atoms with Crippen LogP contribution in [0.2, 0.25) is 0 Å². The van der Waals surface area contributed by atoms with Gasteiger partial charge in [0.25, 0.3) is 5.91 Å². The smallest absolute Gasteiger partial charge is 0.252 e. The maximum atomic E-state index is 13.9. The minimum Gasteiger partial charge on any atom is -0.486 e. The number of alkyl halides is 1. The third-order valence-corrected chi connectivity index (χ3v) is 3.87. The summed E-state index contributed by atoms with van der Waals surface area (Å²) in [7, 11) is 1.86. The van der Waals surface area contributed by atoms with Gasteiger partial charge in [-0.1, -0.05) is 0 Å². The predicted octanol–water partition coefficient (Wildman–Crippen LogP) is 1.69. The number of piperidine rings is 1. The summed E-state index contributed by atoms with van der Waals surface area (Å²) in [6.07, 6.45) is 2.37. The fourth-order valence-corrected chi connectivity index (χ4v) is 2.64. The minimum absolute atomic E-state index is 0. The molecule has 8 heteroatoms. The number of ether oxygens (including phenoxy) is 1. The third-order valence-electron chi connectivity index (χ3n) is 3.87. The standard InChI is InChI=1S/C16H19FN4O2.ClH/c1-21-8-13(20-9-21)10-2-3-14(11(6-10)16(18)22)23-15-4-5-19-7-12(15)17;/h2-3,6,8-9,12,15,19H,4-5,7H2,1H3,(H2,18,22);1H/t12-,15-;/m1./s1. The van der Waals surface area contributed by atoms with Gasteiger partial charge in [0.05, 0.1) is 17.6 Å². The van der Waals surface area contributed by atoms with Gasteiger partial charge in [-0.25, -0.2) is 9.37 Å². The van der Waals surface area contributed by atoms with E-state index in [4.69, 9.17) is 10.5 Å². The summed E-state index contributed by atoms with van der Waals surface area (Å²) in [5, 5.41) is 2.96. The van der Waals surface area contributed by atoms with Gasteiger partial charge in [0.15, 0.2) is 0 Å². The SMILES string of the molecule is Cl.Cn1cnc(-c2ccc(O[C@@H]3CCNC[C@H]3F)c(C(N)=O)c2)c1. The molecule has 3 N–H and O–H groups in total. The lowest BCUT2D eigenvalue weighted by Crippen LogP contribution is -2.44. The van der Waals surface area contributed by atoms with Gasteiger partial charge in [-0.05, 0) is 31.2 Å². The van der Waals surface area contributed by atoms with Gasteiger partial charge in [0.2, 0.25) is 0 Å². The summed E-state index contributed by atoms with van der Waals surface area (Å²) < 4.78 is 21.4. The van der Waals surface area contributed by atoms with E-state index >= 15 is 0 Å². The third kappa shape index (κ3) is 3.85. The molecule has 130 valence electrons. The Balaban J connectivity index is 0.00000208. The largest absolute Gasteiger partial charge is 0.486 e. The predicted molar refractivity (Wildman–Crippen MR) is 91.2 cm³/mol. The van der Waals surface area contributed by atoms with Crippen molar-refractivity contribution in [2.75, 3.05) is 13.1 Å². The Labute approximate surface area is 145 Å². The number of nitrogens with zero attached hydrogens (tertiary/aromatic N) is 2. The number of aryl methyl sites for hydroxylation is 1. The van der Waals surface area contributed by atoms with E-state index in [1.54, 1.807) is 24.5 Å². The van der Waals surface area contributed by atoms with Gasteiger partial charge >= 0.3 is 0 Å². The number of carbonyl (C=O) groups excluding carboxylic acids is 1. The Kier molecular flexibility index (Phi) is 5.80. The highest BCUT2D eigenvalue weighted by Gasteiger charge is 2.27. The molecule has 1 amide bonds. The molecule has 0 bridgehead atoms. The van der Waals surface area contributed by atoms with E-state index in [0.29, 0.717) is 18.7 Å². The van der Waals surface area contributed by atoms with Crippen LogP contribution in [0.4, 0.5) is 4.39 Å². The zero-order valence-electron chi connectivity index (χ0n) is 13.2. The normalized spacial score (nSPS) is 20.2. The van der Waals surface area contributed by atoms with E-state index in [1.165, 1.54) is 0 Å². The van der Waals surface area contributed by atoms with Crippen LogP contribution < -0.4 is 15.8 Å². The second kappa shape index (κ2) is 7.63. The number of benzene rings is 1. The summed E-state index contributed by atoms with van der Waals surface area (Å²) in [5.41, 5.74) is 7.18. The highest BCUT2D eigenvalue weighted by Crippen LogP contribution is 2.28. The molecule has 3 rings (SSSR count). The van der Waals surface area contributed by atoms with Gasteiger partial charge in [0, 0.05) is 25.4 Å². The van der Waals surface area contributed by atoms with Crippen molar-refractivity contribution >= 4 is 18.3 Å². The van der Waals surface area contributed by atoms with Gasteiger partial charge in [-0.2, -0.15) is 0 Å². The first kappa shape index (κ1) is 18.2. The fourth-order valence-electron chi connectivity index (χ4n) is 2.64. The number of imidazole rings is 1. The Morgan fingerprint density at radius 3 is 2.92 bits per heavy atom. The number of halogens is 2. The Hall–Kier alpha value is -2.12. The Morgan fingerprint density at radius 1 is 1.50 bits per heavy atom. The zero-order valence-corrected chi connectivity index (χ0v) is 14.1. The molecule has 1 aliphatic rings. The molecule has 0 aliphatic carbocycles. The number of nitrogens with two attached hydrogens (primary N) is 1. The maximum Gasteiger partial charge on any atom is 0.252 e. The van der Waals surface area contributed by atoms with Crippen LogP contribution in [-0.2, 0) is 7.05 Å². The van der Waals surface area contributed by atoms with Crippen LogP contribution in [0.15, 0.2) is 30.7 Å². The van der Waals surface area contributed by atoms with Crippen molar-refractivity contribution in [3.63, 3.8) is 0 Å². The van der Waals surface area contributed by atoms with Crippen LogP contribution in [0.3, 0.4) is 0 Å². The second-order valence-electron chi connectivity index (χ2n) is 5.66. The Bertz CT molecular complexity index is 722. The lowest BCUT2D eigenvalue weighted by Gasteiger charge is -2.28. The van der Waals surface area contributed by atoms with Crippen LogP contribution in [-0.4, -0.2) is 40.8 Å². The van der Waals surface area contributed by atoms with E-state index < -0.39 is 18.2 Å². The molecule has 1 aromatic carbocycles. The van der Waals surface area contributed by atoms with Gasteiger partial charge in [0.1, 0.15) is 18.0 Å². The monoisotopic (exact) mass is 354 g/mol. The van der Waals surface area contributed by atoms with Crippen LogP contribution in [0.25, 0.3) is 11.3 Å². The molecular formula is C16H20ClFN4O2. The van der Waals surface area contributed by atoms with E-state index in [9.17, 15) is 9.18 Å². The van der Waals surface area contributed by atoms with Crippen LogP contribution in [0.5, 0.6) is 5.75 Å². The molecule has 0 spiro atoms. The molecule has 0 radical (unpaired) electrons. The van der Waals surface area contributed by atoms with Crippen molar-refractivity contribution in [2.24, 2.45) is 12.8 Å². The summed E-state index contributed by atoms with van der Waals surface area (Å²) in [5.74, 6) is -0.297. The highest BCUT2D eigenvalue weighted by molar-refractivity contribution is 5.97. The average molecular weight is 355 g/mol. The number of hydrogen-bond donors (Lipinski definition) is 2. The van der Waals surface area contributed by atoms with Gasteiger partial charge < -0.3 is 20.4 Å². The van der Waals surface area contributed by atoms with Gasteiger partial charge in [-0.3, -0.25) is 4.79 Å². The molecule has 2 aromatic rings. The van der Waals surface area contributed by atoms with Crippen molar-refractivity contribution < 1.29 is 13.9 Å². The van der Waals surface area contributed by atoms with E-state index in [1.807, 2.05) is 17.8 Å². The van der Waals surface area contributed by atoms with E-state index in [2.05, 4.69) is 10.3 Å². The van der Waals surface area contributed by atoms with Crippen molar-refractivity contribution in [1.29, 1.82) is 0 Å². The van der Waals surface area contributed by atoms with Crippen molar-refractivity contribution in [3.05, 3.63) is 36.3 Å². The van der Waals surface area contributed by atoms with Crippen molar-refractivity contribution in [2.45, 2.75) is 18.7 Å². The van der Waals surface area contributed by atoms with E-state index in [0.717, 1.165) is 11.3 Å². The van der Waals surface area contributed by atoms with Crippen LogP contribution >= 0.6 is 12.4 Å². The van der Waals surface area contributed by atoms with Crippen molar-refractivity contribution in [1.82, 2.24) is 14.9 Å². The molecule has 1 saturated heterocycles. The highest BCUT2D eigenvalue weighted by atomic mass is 35.5. The first-order chi connectivity index (χ1) is 11.0. The summed E-state index contributed by atoms with van der Waals surface area (Å²) in [6.45, 7) is 0.936. The quantitative estimate of drug-likeness (QED) is 0.875. The first-order valence-corrected chi connectivity index (χ1v) is 7.48. The Morgan fingerprint density at radius 2 is 2.29 bits per heavy atom. The first-order valence-electron chi connectivity index (χ1n) is 7.48. The number of aromatic nitrogens is 2. The van der Waals surface area contributed by atoms with Crippen LogP contribution in [0.1, 0.15) is 16.8 Å². The summed E-state index contributed by atoms with van der Waals surface area (Å²) in [6, 6.07) is 5.07. The minimum atomic E-state index is -1.11. The van der Waals surface area contributed by atoms with Gasteiger partial charge in [-0.15, -0.1) is 12.4 Å². The summed E-state index contributed by atoms with van der Waals surface area (Å²) >= 11 is 0. The van der Waals surface area contributed by atoms with E-state index in [-0.39, 0.29) is 24.5 Å². The molecule has 6 nitrogen and oxygen atoms in total. The molecule has 24 heavy (non-hydrogen) atoms. The molecule has 0 saturated carbocycles. The van der Waals surface area contributed by atoms with Crippen LogP contribution in [0, 0.1) is 0 Å². The lowest BCUT2D eigenvalue weighted by atomic mass is 10.1. The maximum absolute atomic E-state index is 13.9. The zero-order chi connectivity index (χ0) is 16.4. The topological polar surface area (TPSA) is 82.2 Å². The molecule has 1 fully saturated rings. The molecule has 1 aliphatic heterocycles. The number of primary amides is 1. The molecule has 2 atom stereocenters.